The van der Waals surface area contributed by atoms with Gasteiger partial charge in [0.05, 0.1) is 4.90 Å². The normalized spacial score (nSPS) is 20.1. The maximum atomic E-state index is 12.3. The van der Waals surface area contributed by atoms with E-state index >= 15 is 0 Å². The van der Waals surface area contributed by atoms with Gasteiger partial charge in [0.25, 0.3) is 5.91 Å². The van der Waals surface area contributed by atoms with Gasteiger partial charge in [-0.15, -0.1) is 0 Å². The molecule has 0 bridgehead atoms. The van der Waals surface area contributed by atoms with Crippen molar-refractivity contribution in [1.29, 1.82) is 0 Å². The van der Waals surface area contributed by atoms with Crippen LogP contribution < -0.4 is 15.4 Å². The van der Waals surface area contributed by atoms with Crippen molar-refractivity contribution in [2.24, 2.45) is 0 Å². The second kappa shape index (κ2) is 7.65. The second-order valence-corrected chi connectivity index (χ2v) is 8.57. The van der Waals surface area contributed by atoms with Crippen LogP contribution in [0, 0.1) is 0 Å². The van der Waals surface area contributed by atoms with Crippen LogP contribution in [0.3, 0.4) is 0 Å². The molecule has 1 fully saturated rings. The predicted molar refractivity (Wildman–Crippen MR) is 99.5 cm³/mol. The topological polar surface area (TPSA) is 125 Å². The fourth-order valence-corrected chi connectivity index (χ4v) is 3.82. The fraction of sp³-hybridized carbons (Fsp3) is 0.471. The number of carbonyl (C=O) groups is 3. The first kappa shape index (κ1) is 20.8. The lowest BCUT2D eigenvalue weighted by atomic mass is 9.99. The molecule has 3 N–H and O–H groups in total. The molecule has 10 heteroatoms. The van der Waals surface area contributed by atoms with Crippen LogP contribution in [0.1, 0.15) is 34.1 Å². The summed E-state index contributed by atoms with van der Waals surface area (Å²) in [4.78, 5) is 37.3. The SMILES string of the molecule is CC[C@]1(C)NC(=O)N(CC(=O)Nc2ccc(S(=O)(=O)NC(C)C)cc2)C1=O. The predicted octanol–water partition coefficient (Wildman–Crippen LogP) is 1.03. The maximum absolute atomic E-state index is 12.3. The summed E-state index contributed by atoms with van der Waals surface area (Å²) in [6.45, 7) is 6.38. The molecule has 2 rings (SSSR count). The Morgan fingerprint density at radius 2 is 1.81 bits per heavy atom. The van der Waals surface area contributed by atoms with E-state index < -0.39 is 40.0 Å². The van der Waals surface area contributed by atoms with Gasteiger partial charge >= 0.3 is 6.03 Å². The Hall–Kier alpha value is -2.46. The van der Waals surface area contributed by atoms with Crippen LogP contribution in [-0.4, -0.2) is 49.3 Å². The summed E-state index contributed by atoms with van der Waals surface area (Å²) < 4.78 is 26.6. The van der Waals surface area contributed by atoms with Crippen molar-refractivity contribution in [3.05, 3.63) is 24.3 Å². The lowest BCUT2D eigenvalue weighted by Crippen LogP contribution is -2.44. The Bertz CT molecular complexity index is 851. The van der Waals surface area contributed by atoms with Crippen molar-refractivity contribution < 1.29 is 22.8 Å². The van der Waals surface area contributed by atoms with Crippen LogP contribution in [0.2, 0.25) is 0 Å². The number of urea groups is 1. The van der Waals surface area contributed by atoms with Gasteiger partial charge in [0, 0.05) is 11.7 Å². The molecule has 0 aromatic heterocycles. The van der Waals surface area contributed by atoms with Crippen molar-refractivity contribution in [3.8, 4) is 0 Å². The van der Waals surface area contributed by atoms with Crippen LogP contribution in [0.5, 0.6) is 0 Å². The van der Waals surface area contributed by atoms with Crippen LogP contribution in [0.15, 0.2) is 29.2 Å². The standard InChI is InChI=1S/C17H24N4O5S/c1-5-17(4)15(23)21(16(24)19-17)10-14(22)18-12-6-8-13(9-7-12)27(25,26)20-11(2)3/h6-9,11,20H,5,10H2,1-4H3,(H,18,22)(H,19,24)/t17-/m0/s1. The number of sulfonamides is 1. The minimum Gasteiger partial charge on any atom is -0.325 e. The number of hydrogen-bond donors (Lipinski definition) is 3. The average Bonchev–Trinajstić information content (AvgIpc) is 2.78. The Morgan fingerprint density at radius 3 is 2.30 bits per heavy atom. The summed E-state index contributed by atoms with van der Waals surface area (Å²) in [5.41, 5.74) is -0.648. The minimum atomic E-state index is -3.62. The lowest BCUT2D eigenvalue weighted by Gasteiger charge is -2.19. The number of carbonyl (C=O) groups excluding carboxylic acids is 3. The average molecular weight is 396 g/mol. The van der Waals surface area contributed by atoms with Crippen LogP contribution in [-0.2, 0) is 19.6 Å². The van der Waals surface area contributed by atoms with E-state index in [0.717, 1.165) is 4.90 Å². The van der Waals surface area contributed by atoms with E-state index in [2.05, 4.69) is 15.4 Å². The highest BCUT2D eigenvalue weighted by molar-refractivity contribution is 7.89. The summed E-state index contributed by atoms with van der Waals surface area (Å²) in [7, 11) is -3.62. The van der Waals surface area contributed by atoms with Crippen molar-refractivity contribution in [1.82, 2.24) is 14.9 Å². The van der Waals surface area contributed by atoms with Crippen LogP contribution in [0.4, 0.5) is 10.5 Å². The Morgan fingerprint density at radius 1 is 1.22 bits per heavy atom. The molecule has 1 aromatic rings. The molecular weight excluding hydrogens is 372 g/mol. The van der Waals surface area contributed by atoms with Gasteiger partial charge in [-0.1, -0.05) is 6.92 Å². The molecule has 0 aliphatic carbocycles. The summed E-state index contributed by atoms with van der Waals surface area (Å²) in [5.74, 6) is -1.01. The van der Waals surface area contributed by atoms with E-state index in [-0.39, 0.29) is 10.9 Å². The third-order valence-electron chi connectivity index (χ3n) is 4.19. The molecule has 0 saturated carbocycles. The number of nitrogens with one attached hydrogen (secondary N) is 3. The third kappa shape index (κ3) is 4.64. The van der Waals surface area contributed by atoms with Gasteiger partial charge in [-0.2, -0.15) is 0 Å². The first-order valence-electron chi connectivity index (χ1n) is 8.55. The van der Waals surface area contributed by atoms with Crippen molar-refractivity contribution in [2.45, 2.75) is 50.6 Å². The molecule has 0 spiro atoms. The van der Waals surface area contributed by atoms with Crippen LogP contribution >= 0.6 is 0 Å². The van der Waals surface area contributed by atoms with E-state index in [4.69, 9.17) is 0 Å². The highest BCUT2D eigenvalue weighted by Crippen LogP contribution is 2.21. The molecule has 4 amide bonds. The maximum Gasteiger partial charge on any atom is 0.325 e. The van der Waals surface area contributed by atoms with Crippen molar-refractivity contribution in [2.75, 3.05) is 11.9 Å². The first-order chi connectivity index (χ1) is 12.5. The van der Waals surface area contributed by atoms with Gasteiger partial charge in [0.2, 0.25) is 15.9 Å². The van der Waals surface area contributed by atoms with Gasteiger partial charge in [-0.05, 0) is 51.5 Å². The Kier molecular flexibility index (Phi) is 5.91. The summed E-state index contributed by atoms with van der Waals surface area (Å²) in [6.07, 6.45) is 0.413. The van der Waals surface area contributed by atoms with Gasteiger partial charge in [0.15, 0.2) is 0 Å². The minimum absolute atomic E-state index is 0.0713. The molecule has 0 radical (unpaired) electrons. The fourth-order valence-electron chi connectivity index (χ4n) is 2.57. The number of nitrogens with zero attached hydrogens (tertiary/aromatic N) is 1. The molecule has 1 aliphatic rings. The zero-order valence-corrected chi connectivity index (χ0v) is 16.5. The molecule has 1 aliphatic heterocycles. The molecule has 1 atom stereocenters. The molecule has 0 unspecified atom stereocenters. The van der Waals surface area contributed by atoms with E-state index in [9.17, 15) is 22.8 Å². The zero-order valence-electron chi connectivity index (χ0n) is 15.7. The second-order valence-electron chi connectivity index (χ2n) is 6.86. The van der Waals surface area contributed by atoms with Gasteiger partial charge in [0.1, 0.15) is 12.1 Å². The Balaban J connectivity index is 2.03. The van der Waals surface area contributed by atoms with E-state index in [1.54, 1.807) is 27.7 Å². The molecule has 1 saturated heterocycles. The Labute approximate surface area is 158 Å². The molecular formula is C17H24N4O5S. The van der Waals surface area contributed by atoms with E-state index in [1.807, 2.05) is 0 Å². The van der Waals surface area contributed by atoms with E-state index in [1.165, 1.54) is 24.3 Å². The molecule has 1 aromatic carbocycles. The van der Waals surface area contributed by atoms with Gasteiger partial charge in [-0.3, -0.25) is 14.5 Å². The summed E-state index contributed by atoms with van der Waals surface area (Å²) >= 11 is 0. The van der Waals surface area contributed by atoms with Crippen molar-refractivity contribution in [3.63, 3.8) is 0 Å². The first-order valence-corrected chi connectivity index (χ1v) is 10.0. The van der Waals surface area contributed by atoms with Gasteiger partial charge in [-0.25, -0.2) is 17.9 Å². The number of hydrogen-bond acceptors (Lipinski definition) is 5. The number of amides is 4. The van der Waals surface area contributed by atoms with Crippen molar-refractivity contribution >= 4 is 33.6 Å². The van der Waals surface area contributed by atoms with Gasteiger partial charge < -0.3 is 10.6 Å². The lowest BCUT2D eigenvalue weighted by molar-refractivity contribution is -0.133. The molecule has 148 valence electrons. The quantitative estimate of drug-likeness (QED) is 0.594. The smallest absolute Gasteiger partial charge is 0.325 e. The highest BCUT2D eigenvalue weighted by atomic mass is 32.2. The molecule has 27 heavy (non-hydrogen) atoms. The molecule has 1 heterocycles. The molecule has 9 nitrogen and oxygen atoms in total. The highest BCUT2D eigenvalue weighted by Gasteiger charge is 2.46. The number of anilines is 1. The summed E-state index contributed by atoms with van der Waals surface area (Å²) in [6, 6.07) is 4.75. The monoisotopic (exact) mass is 396 g/mol. The third-order valence-corrected chi connectivity index (χ3v) is 5.87. The summed E-state index contributed by atoms with van der Waals surface area (Å²) in [5, 5.41) is 5.12. The largest absolute Gasteiger partial charge is 0.325 e. The number of imide groups is 1. The zero-order chi connectivity index (χ0) is 20.4. The number of benzene rings is 1. The number of rotatable bonds is 7. The van der Waals surface area contributed by atoms with E-state index in [0.29, 0.717) is 12.1 Å². The van der Waals surface area contributed by atoms with Crippen LogP contribution in [0.25, 0.3) is 0 Å².